The predicted octanol–water partition coefficient (Wildman–Crippen LogP) is 5.81. The van der Waals surface area contributed by atoms with Gasteiger partial charge in [0.25, 0.3) is 5.91 Å². The second-order valence-electron chi connectivity index (χ2n) is 8.51. The standard InChI is InChI=1S/C28H25N3O2S/c1-18-7-9-21(10-8-18)27-25(34-19(2)29-27)17-26(32)30-23-13-11-22(12-14-23)28(33)31-16-15-20-5-3-4-6-24(20)31/h3-14H,15-17H2,1-2H3,(H,30,32). The maximum atomic E-state index is 13.0. The molecule has 0 fully saturated rings. The van der Waals surface area contributed by atoms with Crippen molar-refractivity contribution in [1.82, 2.24) is 4.98 Å². The number of nitrogens with zero attached hydrogens (tertiary/aromatic N) is 2. The van der Waals surface area contributed by atoms with E-state index in [4.69, 9.17) is 0 Å². The number of rotatable bonds is 5. The number of hydrogen-bond donors (Lipinski definition) is 1. The molecule has 3 aromatic carbocycles. The van der Waals surface area contributed by atoms with E-state index in [0.717, 1.165) is 33.3 Å². The van der Waals surface area contributed by atoms with Crippen LogP contribution in [-0.4, -0.2) is 23.3 Å². The highest BCUT2D eigenvalue weighted by atomic mass is 32.1. The number of aryl methyl sites for hydroxylation is 2. The Hall–Kier alpha value is -3.77. The van der Waals surface area contributed by atoms with Crippen LogP contribution in [0.15, 0.2) is 72.8 Å². The molecule has 5 rings (SSSR count). The Morgan fingerprint density at radius 2 is 1.71 bits per heavy atom. The van der Waals surface area contributed by atoms with Crippen LogP contribution in [-0.2, 0) is 17.6 Å². The molecular formula is C28H25N3O2S. The van der Waals surface area contributed by atoms with Gasteiger partial charge in [-0.1, -0.05) is 48.0 Å². The number of aromatic nitrogens is 1. The molecule has 1 aliphatic rings. The molecule has 1 N–H and O–H groups in total. The van der Waals surface area contributed by atoms with Gasteiger partial charge in [0.15, 0.2) is 0 Å². The summed E-state index contributed by atoms with van der Waals surface area (Å²) in [7, 11) is 0. The van der Waals surface area contributed by atoms with Crippen molar-refractivity contribution in [2.24, 2.45) is 0 Å². The summed E-state index contributed by atoms with van der Waals surface area (Å²) in [4.78, 5) is 33.2. The highest BCUT2D eigenvalue weighted by Gasteiger charge is 2.25. The largest absolute Gasteiger partial charge is 0.326 e. The van der Waals surface area contributed by atoms with Crippen molar-refractivity contribution >= 4 is 34.5 Å². The lowest BCUT2D eigenvalue weighted by Gasteiger charge is -2.17. The van der Waals surface area contributed by atoms with Gasteiger partial charge in [0, 0.05) is 33.9 Å². The molecule has 0 bridgehead atoms. The van der Waals surface area contributed by atoms with Crippen LogP contribution >= 0.6 is 11.3 Å². The number of benzene rings is 3. The third kappa shape index (κ3) is 4.50. The van der Waals surface area contributed by atoms with Gasteiger partial charge in [-0.05, 0) is 56.2 Å². The third-order valence-electron chi connectivity index (χ3n) is 6.00. The topological polar surface area (TPSA) is 62.3 Å². The second kappa shape index (κ2) is 9.23. The quantitative estimate of drug-likeness (QED) is 0.403. The fourth-order valence-corrected chi connectivity index (χ4v) is 5.24. The molecular weight excluding hydrogens is 442 g/mol. The van der Waals surface area contributed by atoms with Gasteiger partial charge < -0.3 is 10.2 Å². The van der Waals surface area contributed by atoms with Crippen LogP contribution in [0.1, 0.15) is 31.4 Å². The van der Waals surface area contributed by atoms with E-state index in [0.29, 0.717) is 17.8 Å². The normalized spacial score (nSPS) is 12.5. The number of carbonyl (C=O) groups excluding carboxylic acids is 2. The molecule has 6 heteroatoms. The average molecular weight is 468 g/mol. The van der Waals surface area contributed by atoms with Crippen molar-refractivity contribution in [2.75, 3.05) is 16.8 Å². The Kier molecular flexibility index (Phi) is 5.99. The van der Waals surface area contributed by atoms with E-state index in [9.17, 15) is 9.59 Å². The summed E-state index contributed by atoms with van der Waals surface area (Å²) < 4.78 is 0. The molecule has 0 saturated heterocycles. The minimum Gasteiger partial charge on any atom is -0.326 e. The smallest absolute Gasteiger partial charge is 0.258 e. The minimum absolute atomic E-state index is 0.0225. The Morgan fingerprint density at radius 1 is 0.971 bits per heavy atom. The lowest BCUT2D eigenvalue weighted by atomic mass is 10.1. The summed E-state index contributed by atoms with van der Waals surface area (Å²) in [5.74, 6) is -0.129. The molecule has 0 atom stereocenters. The third-order valence-corrected chi connectivity index (χ3v) is 6.97. The zero-order chi connectivity index (χ0) is 23.7. The van der Waals surface area contributed by atoms with Crippen LogP contribution in [0.5, 0.6) is 0 Å². The maximum absolute atomic E-state index is 13.0. The molecule has 2 heterocycles. The van der Waals surface area contributed by atoms with E-state index >= 15 is 0 Å². The molecule has 2 amide bonds. The van der Waals surface area contributed by atoms with E-state index in [-0.39, 0.29) is 18.2 Å². The van der Waals surface area contributed by atoms with Gasteiger partial charge in [0.05, 0.1) is 17.1 Å². The first-order valence-electron chi connectivity index (χ1n) is 11.3. The van der Waals surface area contributed by atoms with Crippen molar-refractivity contribution in [3.05, 3.63) is 99.4 Å². The summed E-state index contributed by atoms with van der Waals surface area (Å²) in [5, 5.41) is 3.89. The summed E-state index contributed by atoms with van der Waals surface area (Å²) in [6, 6.07) is 23.3. The van der Waals surface area contributed by atoms with E-state index < -0.39 is 0 Å². The van der Waals surface area contributed by atoms with Gasteiger partial charge in [-0.2, -0.15) is 0 Å². The molecule has 1 aromatic heterocycles. The van der Waals surface area contributed by atoms with Crippen molar-refractivity contribution in [1.29, 1.82) is 0 Å². The van der Waals surface area contributed by atoms with Crippen LogP contribution in [0.4, 0.5) is 11.4 Å². The highest BCUT2D eigenvalue weighted by molar-refractivity contribution is 7.12. The molecule has 170 valence electrons. The first-order chi connectivity index (χ1) is 16.5. The Morgan fingerprint density at radius 3 is 2.47 bits per heavy atom. The van der Waals surface area contributed by atoms with Crippen LogP contribution in [0.3, 0.4) is 0 Å². The van der Waals surface area contributed by atoms with Gasteiger partial charge >= 0.3 is 0 Å². The van der Waals surface area contributed by atoms with E-state index in [2.05, 4.69) is 28.5 Å². The summed E-state index contributed by atoms with van der Waals surface area (Å²) >= 11 is 1.55. The second-order valence-corrected chi connectivity index (χ2v) is 9.80. The maximum Gasteiger partial charge on any atom is 0.258 e. The molecule has 0 saturated carbocycles. The lowest BCUT2D eigenvalue weighted by molar-refractivity contribution is -0.115. The first kappa shape index (κ1) is 22.0. The van der Waals surface area contributed by atoms with Crippen molar-refractivity contribution in [3.8, 4) is 11.3 Å². The van der Waals surface area contributed by atoms with Gasteiger partial charge in [0.2, 0.25) is 5.91 Å². The molecule has 5 nitrogen and oxygen atoms in total. The van der Waals surface area contributed by atoms with E-state index in [1.165, 1.54) is 11.1 Å². The Labute approximate surface area is 203 Å². The van der Waals surface area contributed by atoms with Crippen molar-refractivity contribution < 1.29 is 9.59 Å². The number of fused-ring (bicyclic) bond motifs is 1. The number of hydrogen-bond acceptors (Lipinski definition) is 4. The molecule has 4 aromatic rings. The van der Waals surface area contributed by atoms with Gasteiger partial charge in [-0.3, -0.25) is 9.59 Å². The monoisotopic (exact) mass is 467 g/mol. The zero-order valence-corrected chi connectivity index (χ0v) is 20.0. The molecule has 0 aliphatic carbocycles. The number of carbonyl (C=O) groups is 2. The number of amides is 2. The first-order valence-corrected chi connectivity index (χ1v) is 12.1. The van der Waals surface area contributed by atoms with Gasteiger partial charge in [-0.25, -0.2) is 4.98 Å². The molecule has 34 heavy (non-hydrogen) atoms. The van der Waals surface area contributed by atoms with Gasteiger partial charge in [0.1, 0.15) is 0 Å². The fourth-order valence-electron chi connectivity index (χ4n) is 4.28. The molecule has 0 radical (unpaired) electrons. The fraction of sp³-hybridized carbons (Fsp3) is 0.179. The molecule has 0 spiro atoms. The lowest BCUT2D eigenvalue weighted by Crippen LogP contribution is -2.28. The SMILES string of the molecule is Cc1ccc(-c2nc(C)sc2CC(=O)Nc2ccc(C(=O)N3CCc4ccccc43)cc2)cc1. The van der Waals surface area contributed by atoms with Crippen LogP contribution in [0, 0.1) is 13.8 Å². The van der Waals surface area contributed by atoms with Crippen LogP contribution in [0.25, 0.3) is 11.3 Å². The van der Waals surface area contributed by atoms with Crippen molar-refractivity contribution in [2.45, 2.75) is 26.7 Å². The van der Waals surface area contributed by atoms with E-state index in [1.54, 1.807) is 35.6 Å². The number of anilines is 2. The number of para-hydroxylation sites is 1. The van der Waals surface area contributed by atoms with E-state index in [1.807, 2.05) is 49.1 Å². The van der Waals surface area contributed by atoms with Gasteiger partial charge in [-0.15, -0.1) is 11.3 Å². The molecule has 1 aliphatic heterocycles. The van der Waals surface area contributed by atoms with Crippen LogP contribution < -0.4 is 10.2 Å². The van der Waals surface area contributed by atoms with Crippen molar-refractivity contribution in [3.63, 3.8) is 0 Å². The average Bonchev–Trinajstić information content (AvgIpc) is 3.43. The highest BCUT2D eigenvalue weighted by Crippen LogP contribution is 2.30. The predicted molar refractivity (Wildman–Crippen MR) is 138 cm³/mol. The Balaban J connectivity index is 1.26. The summed E-state index contributed by atoms with van der Waals surface area (Å²) in [5.41, 5.74) is 6.52. The summed E-state index contributed by atoms with van der Waals surface area (Å²) in [6.07, 6.45) is 1.12. The number of nitrogens with one attached hydrogen (secondary N) is 1. The summed E-state index contributed by atoms with van der Waals surface area (Å²) in [6.45, 7) is 4.69. The number of thiazole rings is 1. The van der Waals surface area contributed by atoms with Crippen LogP contribution in [0.2, 0.25) is 0 Å². The minimum atomic E-state index is -0.107. The molecule has 0 unspecified atom stereocenters. The Bertz CT molecular complexity index is 1360. The zero-order valence-electron chi connectivity index (χ0n) is 19.2.